The molecule has 1 atom stereocenters. The Balaban J connectivity index is 2.17. The van der Waals surface area contributed by atoms with Crippen LogP contribution in [0.3, 0.4) is 0 Å². The normalized spacial score (nSPS) is 13.2. The number of nitrogens with two attached hydrogens (primary N) is 1. The molecule has 25 heavy (non-hydrogen) atoms. The number of carbonyl (C=O) groups excluding carboxylic acids is 1. The average molecular weight is 344 g/mol. The summed E-state index contributed by atoms with van der Waals surface area (Å²) < 4.78 is 17.6. The Hall–Kier alpha value is -2.90. The maximum Gasteiger partial charge on any atom is 0.252 e. The monoisotopic (exact) mass is 344 g/mol. The highest BCUT2D eigenvalue weighted by atomic mass is 19.1. The fourth-order valence-corrected chi connectivity index (χ4v) is 2.58. The molecule has 3 aromatic heterocycles. The van der Waals surface area contributed by atoms with Crippen molar-refractivity contribution in [3.8, 4) is 11.3 Å². The van der Waals surface area contributed by atoms with E-state index in [-0.39, 0.29) is 5.56 Å². The van der Waals surface area contributed by atoms with Gasteiger partial charge in [-0.25, -0.2) is 8.91 Å². The number of aryl methyl sites for hydroxylation is 1. The van der Waals surface area contributed by atoms with Gasteiger partial charge in [0.25, 0.3) is 5.91 Å². The Morgan fingerprint density at radius 2 is 2.12 bits per heavy atom. The number of primary amides is 1. The number of amides is 1. The third kappa shape index (κ3) is 3.07. The van der Waals surface area contributed by atoms with E-state index in [4.69, 9.17) is 5.73 Å². The van der Waals surface area contributed by atoms with Crippen molar-refractivity contribution < 1.29 is 9.18 Å². The molecule has 0 fully saturated rings. The molecule has 0 radical (unpaired) electrons. The Bertz CT molecular complexity index is 936. The number of hydrogen-bond donors (Lipinski definition) is 2. The van der Waals surface area contributed by atoms with E-state index >= 15 is 0 Å². The first-order valence-electron chi connectivity index (χ1n) is 7.93. The molecule has 0 aliphatic rings. The van der Waals surface area contributed by atoms with Crippen molar-refractivity contribution >= 4 is 17.1 Å². The number of carbonyl (C=O) groups is 1. The zero-order valence-electron chi connectivity index (χ0n) is 14.6. The van der Waals surface area contributed by atoms with Crippen molar-refractivity contribution in [3.63, 3.8) is 0 Å². The van der Waals surface area contributed by atoms with E-state index in [0.29, 0.717) is 11.2 Å². The standard InChI is InChI=1S/C17H21FN6O/c1-10(17(2,3)18)22-15-12(16(19)25)8-21-24-9-11(7-14(15)24)13-5-6-20-23(13)4/h5-10,22H,1-4H3,(H2,19,25). The second-order valence-corrected chi connectivity index (χ2v) is 6.63. The van der Waals surface area contributed by atoms with Crippen molar-refractivity contribution in [3.05, 3.63) is 36.3 Å². The topological polar surface area (TPSA) is 90.2 Å². The molecule has 7 nitrogen and oxygen atoms in total. The molecule has 3 N–H and O–H groups in total. The predicted octanol–water partition coefficient (Wildman–Crippen LogP) is 2.38. The smallest absolute Gasteiger partial charge is 0.252 e. The molecule has 1 unspecified atom stereocenters. The largest absolute Gasteiger partial charge is 0.377 e. The molecule has 0 saturated heterocycles. The first-order valence-corrected chi connectivity index (χ1v) is 7.93. The van der Waals surface area contributed by atoms with E-state index in [2.05, 4.69) is 15.5 Å². The van der Waals surface area contributed by atoms with Crippen LogP contribution in [0.2, 0.25) is 0 Å². The molecule has 132 valence electrons. The molecule has 0 spiro atoms. The van der Waals surface area contributed by atoms with E-state index in [1.807, 2.05) is 25.4 Å². The van der Waals surface area contributed by atoms with Crippen LogP contribution in [0, 0.1) is 0 Å². The second kappa shape index (κ2) is 5.87. The summed E-state index contributed by atoms with van der Waals surface area (Å²) in [5.74, 6) is -0.621. The maximum absolute atomic E-state index is 14.3. The molecule has 3 aromatic rings. The van der Waals surface area contributed by atoms with Gasteiger partial charge in [0.05, 0.1) is 34.7 Å². The van der Waals surface area contributed by atoms with Crippen LogP contribution in [0.1, 0.15) is 31.1 Å². The van der Waals surface area contributed by atoms with Crippen LogP contribution in [0.5, 0.6) is 0 Å². The van der Waals surface area contributed by atoms with Crippen molar-refractivity contribution in [2.75, 3.05) is 5.32 Å². The number of aromatic nitrogens is 4. The SMILES string of the molecule is CC(Nc1c(C(N)=O)cnn2cc(-c3ccnn3C)cc12)C(C)(C)F. The Morgan fingerprint density at radius 3 is 2.68 bits per heavy atom. The zero-order valence-corrected chi connectivity index (χ0v) is 14.6. The van der Waals surface area contributed by atoms with Gasteiger partial charge < -0.3 is 11.1 Å². The molecule has 0 aromatic carbocycles. The van der Waals surface area contributed by atoms with E-state index in [9.17, 15) is 9.18 Å². The van der Waals surface area contributed by atoms with Gasteiger partial charge in [0.2, 0.25) is 0 Å². The predicted molar refractivity (Wildman–Crippen MR) is 94.2 cm³/mol. The number of anilines is 1. The first-order chi connectivity index (χ1) is 11.7. The fraction of sp³-hybridized carbons (Fsp3) is 0.353. The third-order valence-electron chi connectivity index (χ3n) is 4.41. The minimum absolute atomic E-state index is 0.221. The van der Waals surface area contributed by atoms with Crippen LogP contribution in [0.25, 0.3) is 16.8 Å². The van der Waals surface area contributed by atoms with Crippen LogP contribution in [-0.2, 0) is 7.05 Å². The van der Waals surface area contributed by atoms with Crippen molar-refractivity contribution in [2.24, 2.45) is 12.8 Å². The Kier molecular flexibility index (Phi) is 3.98. The lowest BCUT2D eigenvalue weighted by Gasteiger charge is -2.26. The number of alkyl halides is 1. The number of hydrogen-bond acceptors (Lipinski definition) is 4. The van der Waals surface area contributed by atoms with Gasteiger partial charge in [0, 0.05) is 25.0 Å². The van der Waals surface area contributed by atoms with Gasteiger partial charge in [-0.2, -0.15) is 10.2 Å². The third-order valence-corrected chi connectivity index (χ3v) is 4.41. The van der Waals surface area contributed by atoms with Crippen LogP contribution < -0.4 is 11.1 Å². The number of fused-ring (bicyclic) bond motifs is 1. The highest BCUT2D eigenvalue weighted by molar-refractivity contribution is 6.02. The minimum Gasteiger partial charge on any atom is -0.377 e. The number of nitrogens with one attached hydrogen (secondary N) is 1. The Labute approximate surface area is 144 Å². The number of nitrogens with zero attached hydrogens (tertiary/aromatic N) is 4. The van der Waals surface area contributed by atoms with Crippen LogP contribution >= 0.6 is 0 Å². The summed E-state index contributed by atoms with van der Waals surface area (Å²) in [5, 5.41) is 11.5. The van der Waals surface area contributed by atoms with Crippen molar-refractivity contribution in [2.45, 2.75) is 32.5 Å². The van der Waals surface area contributed by atoms with Gasteiger partial charge in [0.15, 0.2) is 0 Å². The van der Waals surface area contributed by atoms with Gasteiger partial charge >= 0.3 is 0 Å². The highest BCUT2D eigenvalue weighted by Gasteiger charge is 2.27. The summed E-state index contributed by atoms with van der Waals surface area (Å²) in [6.45, 7) is 4.67. The van der Waals surface area contributed by atoms with Gasteiger partial charge in [0.1, 0.15) is 5.67 Å². The van der Waals surface area contributed by atoms with Gasteiger partial charge in [-0.05, 0) is 32.9 Å². The summed E-state index contributed by atoms with van der Waals surface area (Å²) in [4.78, 5) is 11.8. The van der Waals surface area contributed by atoms with Crippen LogP contribution in [-0.4, -0.2) is 37.0 Å². The van der Waals surface area contributed by atoms with Gasteiger partial charge in [-0.3, -0.25) is 9.48 Å². The van der Waals surface area contributed by atoms with Gasteiger partial charge in [-0.15, -0.1) is 0 Å². The lowest BCUT2D eigenvalue weighted by molar-refractivity contribution is 0.1000. The van der Waals surface area contributed by atoms with E-state index in [1.54, 1.807) is 22.3 Å². The molecule has 3 rings (SSSR count). The summed E-state index contributed by atoms with van der Waals surface area (Å²) in [6.07, 6.45) is 4.92. The maximum atomic E-state index is 14.3. The Morgan fingerprint density at radius 1 is 1.40 bits per heavy atom. The van der Waals surface area contributed by atoms with Gasteiger partial charge in [-0.1, -0.05) is 0 Å². The fourth-order valence-electron chi connectivity index (χ4n) is 2.58. The van der Waals surface area contributed by atoms with E-state index < -0.39 is 17.6 Å². The lowest BCUT2D eigenvalue weighted by Crippen LogP contribution is -2.36. The lowest BCUT2D eigenvalue weighted by atomic mass is 10.0. The first kappa shape index (κ1) is 16.9. The van der Waals surface area contributed by atoms with E-state index in [0.717, 1.165) is 11.3 Å². The zero-order chi connectivity index (χ0) is 18.4. The molecular weight excluding hydrogens is 323 g/mol. The molecule has 0 aliphatic carbocycles. The molecular formula is C17H21FN6O. The molecule has 0 aliphatic heterocycles. The van der Waals surface area contributed by atoms with E-state index in [1.165, 1.54) is 20.0 Å². The molecule has 0 saturated carbocycles. The molecule has 1 amide bonds. The molecule has 3 heterocycles. The van der Waals surface area contributed by atoms with Crippen LogP contribution in [0.4, 0.5) is 10.1 Å². The quantitative estimate of drug-likeness (QED) is 0.743. The highest BCUT2D eigenvalue weighted by Crippen LogP contribution is 2.30. The van der Waals surface area contributed by atoms with Crippen LogP contribution in [0.15, 0.2) is 30.7 Å². The number of rotatable bonds is 5. The number of halogens is 1. The van der Waals surface area contributed by atoms with Crippen molar-refractivity contribution in [1.29, 1.82) is 0 Å². The summed E-state index contributed by atoms with van der Waals surface area (Å²) in [5.41, 5.74) is 7.11. The minimum atomic E-state index is -1.48. The summed E-state index contributed by atoms with van der Waals surface area (Å²) in [6, 6.07) is 3.22. The average Bonchev–Trinajstić information content (AvgIpc) is 3.11. The molecule has 0 bridgehead atoms. The van der Waals surface area contributed by atoms with Crippen molar-refractivity contribution in [1.82, 2.24) is 19.4 Å². The summed E-state index contributed by atoms with van der Waals surface area (Å²) >= 11 is 0. The second-order valence-electron chi connectivity index (χ2n) is 6.63. The molecule has 8 heteroatoms. The summed E-state index contributed by atoms with van der Waals surface area (Å²) in [7, 11) is 1.84.